The van der Waals surface area contributed by atoms with Crippen LogP contribution in [0.25, 0.3) is 0 Å². The van der Waals surface area contributed by atoms with Crippen molar-refractivity contribution in [2.24, 2.45) is 0 Å². The lowest BCUT2D eigenvalue weighted by Gasteiger charge is -2.35. The van der Waals surface area contributed by atoms with Crippen LogP contribution < -0.4 is 5.32 Å². The maximum absolute atomic E-state index is 5.58. The number of nitrogens with zero attached hydrogens (tertiary/aromatic N) is 2. The molecule has 2 heterocycles. The Hall–Kier alpha value is -0.970. The van der Waals surface area contributed by atoms with E-state index in [1.54, 1.807) is 0 Å². The molecule has 0 amide bonds. The van der Waals surface area contributed by atoms with E-state index < -0.39 is 0 Å². The molecule has 0 spiro atoms. The van der Waals surface area contributed by atoms with Crippen LogP contribution in [0.1, 0.15) is 18.9 Å². The third kappa shape index (κ3) is 4.05. The summed E-state index contributed by atoms with van der Waals surface area (Å²) < 4.78 is 5.58. The van der Waals surface area contributed by atoms with Gasteiger partial charge in [0.25, 0.3) is 0 Å². The zero-order valence-electron chi connectivity index (χ0n) is 11.1. The summed E-state index contributed by atoms with van der Waals surface area (Å²) in [5, 5.41) is 3.48. The number of pyridine rings is 1. The fourth-order valence-electron chi connectivity index (χ4n) is 2.26. The molecule has 1 aliphatic heterocycles. The Morgan fingerprint density at radius 2 is 2.50 bits per heavy atom. The van der Waals surface area contributed by atoms with Crippen molar-refractivity contribution in [3.05, 3.63) is 30.1 Å². The van der Waals surface area contributed by atoms with Gasteiger partial charge in [-0.3, -0.25) is 9.88 Å². The molecule has 0 aliphatic carbocycles. The molecule has 0 radical (unpaired) electrons. The summed E-state index contributed by atoms with van der Waals surface area (Å²) >= 11 is 0. The van der Waals surface area contributed by atoms with E-state index in [4.69, 9.17) is 4.74 Å². The van der Waals surface area contributed by atoms with E-state index in [0.29, 0.717) is 6.04 Å². The Morgan fingerprint density at radius 1 is 1.56 bits per heavy atom. The van der Waals surface area contributed by atoms with Gasteiger partial charge < -0.3 is 10.1 Å². The Labute approximate surface area is 109 Å². The van der Waals surface area contributed by atoms with Gasteiger partial charge in [0.15, 0.2) is 0 Å². The van der Waals surface area contributed by atoms with Gasteiger partial charge in [0.1, 0.15) is 0 Å². The van der Waals surface area contributed by atoms with Crippen LogP contribution in [0.15, 0.2) is 24.5 Å². The first kappa shape index (κ1) is 13.5. The summed E-state index contributed by atoms with van der Waals surface area (Å²) in [4.78, 5) is 6.67. The highest BCUT2D eigenvalue weighted by atomic mass is 16.5. The van der Waals surface area contributed by atoms with Crippen molar-refractivity contribution in [2.75, 3.05) is 32.8 Å². The molecule has 1 unspecified atom stereocenters. The molecule has 1 atom stereocenters. The van der Waals surface area contributed by atoms with Gasteiger partial charge in [0.05, 0.1) is 13.2 Å². The Balaban J connectivity index is 1.87. The van der Waals surface area contributed by atoms with Gasteiger partial charge in [-0.25, -0.2) is 0 Å². The molecule has 18 heavy (non-hydrogen) atoms. The highest BCUT2D eigenvalue weighted by molar-refractivity contribution is 5.08. The molecule has 4 nitrogen and oxygen atoms in total. The molecule has 1 N–H and O–H groups in total. The van der Waals surface area contributed by atoms with Crippen molar-refractivity contribution in [2.45, 2.75) is 25.9 Å². The first-order chi connectivity index (χ1) is 8.90. The lowest BCUT2D eigenvalue weighted by atomic mass is 10.2. The van der Waals surface area contributed by atoms with Crippen LogP contribution >= 0.6 is 0 Å². The minimum absolute atomic E-state index is 0.477. The third-order valence-electron chi connectivity index (χ3n) is 3.26. The van der Waals surface area contributed by atoms with Gasteiger partial charge in [-0.05, 0) is 24.6 Å². The summed E-state index contributed by atoms with van der Waals surface area (Å²) in [6, 6.07) is 4.62. The van der Waals surface area contributed by atoms with Crippen molar-refractivity contribution in [1.82, 2.24) is 15.2 Å². The lowest BCUT2D eigenvalue weighted by molar-refractivity contribution is -0.0109. The number of ether oxygens (including phenoxy) is 1. The molecule has 0 saturated carbocycles. The number of aromatic nitrogens is 1. The predicted octanol–water partition coefficient (Wildman–Crippen LogP) is 1.28. The summed E-state index contributed by atoms with van der Waals surface area (Å²) in [5.41, 5.74) is 1.28. The van der Waals surface area contributed by atoms with E-state index in [2.05, 4.69) is 28.2 Å². The summed E-state index contributed by atoms with van der Waals surface area (Å²) in [7, 11) is 0. The molecule has 1 aromatic rings. The quantitative estimate of drug-likeness (QED) is 0.771. The largest absolute Gasteiger partial charge is 0.378 e. The van der Waals surface area contributed by atoms with Gasteiger partial charge >= 0.3 is 0 Å². The molecule has 4 heteroatoms. The number of hydrogen-bond donors (Lipinski definition) is 1. The zero-order chi connectivity index (χ0) is 12.6. The SMILES string of the molecule is CCCNCC1COCCN1Cc1cccnc1. The number of hydrogen-bond acceptors (Lipinski definition) is 4. The van der Waals surface area contributed by atoms with Gasteiger partial charge in [-0.15, -0.1) is 0 Å². The second-order valence-electron chi connectivity index (χ2n) is 4.76. The van der Waals surface area contributed by atoms with Crippen LogP contribution in [0, 0.1) is 0 Å². The second-order valence-corrected chi connectivity index (χ2v) is 4.76. The number of morpholine rings is 1. The monoisotopic (exact) mass is 249 g/mol. The average molecular weight is 249 g/mol. The van der Waals surface area contributed by atoms with Crippen molar-refractivity contribution in [3.63, 3.8) is 0 Å². The minimum atomic E-state index is 0.477. The number of nitrogens with one attached hydrogen (secondary N) is 1. The molecule has 1 aromatic heterocycles. The van der Waals surface area contributed by atoms with Gasteiger partial charge in [-0.1, -0.05) is 13.0 Å². The molecule has 1 fully saturated rings. The molecule has 1 saturated heterocycles. The molecular weight excluding hydrogens is 226 g/mol. The molecule has 1 aliphatic rings. The molecule has 0 aromatic carbocycles. The maximum atomic E-state index is 5.58. The predicted molar refractivity (Wildman–Crippen MR) is 72.4 cm³/mol. The van der Waals surface area contributed by atoms with E-state index in [-0.39, 0.29) is 0 Å². The maximum Gasteiger partial charge on any atom is 0.0635 e. The van der Waals surface area contributed by atoms with Crippen molar-refractivity contribution < 1.29 is 4.74 Å². The first-order valence-corrected chi connectivity index (χ1v) is 6.81. The highest BCUT2D eigenvalue weighted by Gasteiger charge is 2.22. The van der Waals surface area contributed by atoms with Crippen LogP contribution in [0.3, 0.4) is 0 Å². The lowest BCUT2D eigenvalue weighted by Crippen LogP contribution is -2.49. The summed E-state index contributed by atoms with van der Waals surface area (Å²) in [6.45, 7) is 7.92. The standard InChI is InChI=1S/C14H23N3O/c1-2-5-15-10-14-12-18-8-7-17(14)11-13-4-3-6-16-9-13/h3-4,6,9,14-15H,2,5,7-8,10-12H2,1H3. The van der Waals surface area contributed by atoms with E-state index in [1.165, 1.54) is 12.0 Å². The zero-order valence-corrected chi connectivity index (χ0v) is 11.1. The second kappa shape index (κ2) is 7.46. The fraction of sp³-hybridized carbons (Fsp3) is 0.643. The first-order valence-electron chi connectivity index (χ1n) is 6.81. The van der Waals surface area contributed by atoms with Gasteiger partial charge in [0.2, 0.25) is 0 Å². The van der Waals surface area contributed by atoms with Crippen molar-refractivity contribution in [3.8, 4) is 0 Å². The van der Waals surface area contributed by atoms with Gasteiger partial charge in [0, 0.05) is 38.1 Å². The van der Waals surface area contributed by atoms with Crippen LogP contribution in [0.2, 0.25) is 0 Å². The van der Waals surface area contributed by atoms with Crippen LogP contribution in [0.5, 0.6) is 0 Å². The average Bonchev–Trinajstić information content (AvgIpc) is 2.42. The topological polar surface area (TPSA) is 37.4 Å². The van der Waals surface area contributed by atoms with Gasteiger partial charge in [-0.2, -0.15) is 0 Å². The molecular formula is C14H23N3O. The fourth-order valence-corrected chi connectivity index (χ4v) is 2.26. The summed E-state index contributed by atoms with van der Waals surface area (Å²) in [5.74, 6) is 0. The Bertz CT molecular complexity index is 331. The Morgan fingerprint density at radius 3 is 3.28 bits per heavy atom. The van der Waals surface area contributed by atoms with E-state index in [9.17, 15) is 0 Å². The molecule has 100 valence electrons. The van der Waals surface area contributed by atoms with E-state index >= 15 is 0 Å². The summed E-state index contributed by atoms with van der Waals surface area (Å²) in [6.07, 6.45) is 4.95. The minimum Gasteiger partial charge on any atom is -0.378 e. The smallest absolute Gasteiger partial charge is 0.0635 e. The van der Waals surface area contributed by atoms with Crippen LogP contribution in [0.4, 0.5) is 0 Å². The Kier molecular flexibility index (Phi) is 5.58. The molecule has 2 rings (SSSR count). The number of rotatable bonds is 6. The van der Waals surface area contributed by atoms with E-state index in [0.717, 1.165) is 39.4 Å². The van der Waals surface area contributed by atoms with Crippen molar-refractivity contribution in [1.29, 1.82) is 0 Å². The van der Waals surface area contributed by atoms with Crippen LogP contribution in [-0.4, -0.2) is 48.8 Å². The van der Waals surface area contributed by atoms with E-state index in [1.807, 2.05) is 18.5 Å². The highest BCUT2D eigenvalue weighted by Crippen LogP contribution is 2.11. The molecule has 0 bridgehead atoms. The van der Waals surface area contributed by atoms with Crippen molar-refractivity contribution >= 4 is 0 Å². The third-order valence-corrected chi connectivity index (χ3v) is 3.26. The normalized spacial score (nSPS) is 21.1. The van der Waals surface area contributed by atoms with Crippen LogP contribution in [-0.2, 0) is 11.3 Å².